The molecule has 0 unspecified atom stereocenters. The second-order valence-corrected chi connectivity index (χ2v) is 10.2. The van der Waals surface area contributed by atoms with Gasteiger partial charge in [-0.2, -0.15) is 0 Å². The van der Waals surface area contributed by atoms with Crippen LogP contribution in [-0.2, 0) is 14.6 Å². The fourth-order valence-corrected chi connectivity index (χ4v) is 3.26. The van der Waals surface area contributed by atoms with Crippen molar-refractivity contribution in [2.75, 3.05) is 39.6 Å². The fourth-order valence-electron chi connectivity index (χ4n) is 2.96. The third-order valence-electron chi connectivity index (χ3n) is 5.10. The third-order valence-corrected chi connectivity index (χ3v) is 7.23. The minimum atomic E-state index is -3.15. The normalized spacial score (nSPS) is 18.6. The first-order valence-corrected chi connectivity index (χ1v) is 10.8. The lowest BCUT2D eigenvalue weighted by Gasteiger charge is -2.30. The molecule has 142 valence electrons. The Kier molecular flexibility index (Phi) is 7.99. The second kappa shape index (κ2) is 9.04. The van der Waals surface area contributed by atoms with E-state index in [2.05, 4.69) is 15.6 Å². The number of hydrogen-bond acceptors (Lipinski definition) is 4. The molecule has 0 atom stereocenters. The monoisotopic (exact) mass is 361 g/mol. The number of guanidine groups is 1. The standard InChI is InChI=1S/C17H35N3O3S/c1-6-18-15(19-13-16(2,3)24(5,21)22)20-14-17(11-12-23-4)9-7-8-10-17/h6-14H2,1-5H3,(H2,18,19,20). The summed E-state index contributed by atoms with van der Waals surface area (Å²) < 4.78 is 28.1. The average molecular weight is 362 g/mol. The van der Waals surface area contributed by atoms with Gasteiger partial charge in [0, 0.05) is 33.1 Å². The quantitative estimate of drug-likeness (QED) is 0.485. The third kappa shape index (κ3) is 6.24. The van der Waals surface area contributed by atoms with Crippen LogP contribution in [0.3, 0.4) is 0 Å². The number of rotatable bonds is 9. The smallest absolute Gasteiger partial charge is 0.191 e. The molecule has 2 N–H and O–H groups in total. The highest BCUT2D eigenvalue weighted by Gasteiger charge is 2.34. The largest absolute Gasteiger partial charge is 0.385 e. The van der Waals surface area contributed by atoms with E-state index in [9.17, 15) is 8.42 Å². The van der Waals surface area contributed by atoms with E-state index in [4.69, 9.17) is 4.74 Å². The summed E-state index contributed by atoms with van der Waals surface area (Å²) in [5.74, 6) is 0.693. The maximum Gasteiger partial charge on any atom is 0.191 e. The van der Waals surface area contributed by atoms with Crippen molar-refractivity contribution in [3.05, 3.63) is 0 Å². The summed E-state index contributed by atoms with van der Waals surface area (Å²) in [5.41, 5.74) is 0.262. The zero-order valence-corrected chi connectivity index (χ0v) is 16.8. The number of nitrogens with one attached hydrogen (secondary N) is 2. The zero-order chi connectivity index (χ0) is 18.3. The van der Waals surface area contributed by atoms with Crippen LogP contribution in [0.5, 0.6) is 0 Å². The summed E-state index contributed by atoms with van der Waals surface area (Å²) in [4.78, 5) is 4.51. The molecule has 0 saturated heterocycles. The summed E-state index contributed by atoms with van der Waals surface area (Å²) in [5, 5.41) is 6.64. The Labute approximate surface area is 147 Å². The maximum atomic E-state index is 11.8. The zero-order valence-electron chi connectivity index (χ0n) is 15.9. The van der Waals surface area contributed by atoms with Crippen LogP contribution in [0.25, 0.3) is 0 Å². The Hall–Kier alpha value is -0.820. The van der Waals surface area contributed by atoms with E-state index in [0.717, 1.165) is 26.1 Å². The summed E-state index contributed by atoms with van der Waals surface area (Å²) in [7, 11) is -1.40. The van der Waals surface area contributed by atoms with Crippen molar-refractivity contribution in [1.82, 2.24) is 10.6 Å². The summed E-state index contributed by atoms with van der Waals surface area (Å²) in [6, 6.07) is 0. The van der Waals surface area contributed by atoms with Gasteiger partial charge in [-0.15, -0.1) is 0 Å². The van der Waals surface area contributed by atoms with E-state index < -0.39 is 14.6 Å². The number of sulfone groups is 1. The molecular weight excluding hydrogens is 326 g/mol. The minimum absolute atomic E-state index is 0.242. The first-order chi connectivity index (χ1) is 11.2. The molecule has 1 aliphatic rings. The first kappa shape index (κ1) is 21.2. The molecule has 0 aromatic rings. The highest BCUT2D eigenvalue weighted by atomic mass is 32.2. The fraction of sp³-hybridized carbons (Fsp3) is 0.941. The van der Waals surface area contributed by atoms with Gasteiger partial charge in [0.15, 0.2) is 15.8 Å². The van der Waals surface area contributed by atoms with Crippen LogP contribution >= 0.6 is 0 Å². The minimum Gasteiger partial charge on any atom is -0.385 e. The highest BCUT2D eigenvalue weighted by molar-refractivity contribution is 7.92. The van der Waals surface area contributed by atoms with E-state index in [1.165, 1.54) is 31.9 Å². The van der Waals surface area contributed by atoms with Gasteiger partial charge < -0.3 is 15.4 Å². The lowest BCUT2D eigenvalue weighted by atomic mass is 9.83. The van der Waals surface area contributed by atoms with E-state index in [1.807, 2.05) is 6.92 Å². The van der Waals surface area contributed by atoms with E-state index in [-0.39, 0.29) is 12.0 Å². The average Bonchev–Trinajstić information content (AvgIpc) is 2.96. The molecule has 0 aliphatic heterocycles. The summed E-state index contributed by atoms with van der Waals surface area (Å²) >= 11 is 0. The number of methoxy groups -OCH3 is 1. The molecule has 0 radical (unpaired) electrons. The number of nitrogens with zero attached hydrogens (tertiary/aromatic N) is 1. The highest BCUT2D eigenvalue weighted by Crippen LogP contribution is 2.40. The Morgan fingerprint density at radius 1 is 1.25 bits per heavy atom. The molecule has 1 fully saturated rings. The van der Waals surface area contributed by atoms with Crippen molar-refractivity contribution in [3.8, 4) is 0 Å². The Balaban J connectivity index is 2.72. The number of aliphatic imine (C=N–C) groups is 1. The number of ether oxygens (including phenoxy) is 1. The van der Waals surface area contributed by atoms with Gasteiger partial charge in [-0.1, -0.05) is 12.8 Å². The van der Waals surface area contributed by atoms with Crippen LogP contribution in [0.1, 0.15) is 52.9 Å². The van der Waals surface area contributed by atoms with Crippen LogP contribution in [0.4, 0.5) is 0 Å². The van der Waals surface area contributed by atoms with Crippen molar-refractivity contribution in [1.29, 1.82) is 0 Å². The van der Waals surface area contributed by atoms with Crippen LogP contribution in [-0.4, -0.2) is 58.7 Å². The predicted molar refractivity (Wildman–Crippen MR) is 100 cm³/mol. The molecule has 0 aromatic carbocycles. The van der Waals surface area contributed by atoms with Crippen molar-refractivity contribution in [3.63, 3.8) is 0 Å². The molecular formula is C17H35N3O3S. The van der Waals surface area contributed by atoms with Gasteiger partial charge >= 0.3 is 0 Å². The van der Waals surface area contributed by atoms with E-state index >= 15 is 0 Å². The number of hydrogen-bond donors (Lipinski definition) is 2. The van der Waals surface area contributed by atoms with Crippen molar-refractivity contribution >= 4 is 15.8 Å². The summed E-state index contributed by atoms with van der Waals surface area (Å²) in [6.45, 7) is 8.05. The van der Waals surface area contributed by atoms with Gasteiger partial charge in [0.2, 0.25) is 0 Å². The van der Waals surface area contributed by atoms with Gasteiger partial charge in [0.05, 0.1) is 11.3 Å². The molecule has 1 saturated carbocycles. The molecule has 0 heterocycles. The Bertz CT molecular complexity index is 509. The van der Waals surface area contributed by atoms with E-state index in [1.54, 1.807) is 21.0 Å². The lowest BCUT2D eigenvalue weighted by Crippen LogP contribution is -2.44. The summed E-state index contributed by atoms with van der Waals surface area (Å²) in [6.07, 6.45) is 7.25. The molecule has 1 rings (SSSR count). The van der Waals surface area contributed by atoms with Crippen molar-refractivity contribution in [2.24, 2.45) is 10.4 Å². The van der Waals surface area contributed by atoms with Gasteiger partial charge in [0.1, 0.15) is 0 Å². The molecule has 0 aromatic heterocycles. The SMILES string of the molecule is CCNC(=NCC(C)(C)S(C)(=O)=O)NCC1(CCOC)CCCC1. The van der Waals surface area contributed by atoms with E-state index in [0.29, 0.717) is 5.96 Å². The molecule has 0 spiro atoms. The molecule has 0 amide bonds. The van der Waals surface area contributed by atoms with Crippen molar-refractivity contribution < 1.29 is 13.2 Å². The molecule has 0 bridgehead atoms. The predicted octanol–water partition coefficient (Wildman–Crippen LogP) is 1.96. The van der Waals surface area contributed by atoms with Crippen LogP contribution in [0.2, 0.25) is 0 Å². The second-order valence-electron chi connectivity index (χ2n) is 7.53. The van der Waals surface area contributed by atoms with Gasteiger partial charge in [-0.25, -0.2) is 8.42 Å². The topological polar surface area (TPSA) is 79.8 Å². The van der Waals surface area contributed by atoms with Gasteiger partial charge in [0.25, 0.3) is 0 Å². The van der Waals surface area contributed by atoms with Crippen LogP contribution in [0, 0.1) is 5.41 Å². The van der Waals surface area contributed by atoms with Gasteiger partial charge in [-0.05, 0) is 45.4 Å². The molecule has 1 aliphatic carbocycles. The maximum absolute atomic E-state index is 11.8. The lowest BCUT2D eigenvalue weighted by molar-refractivity contribution is 0.138. The molecule has 6 nitrogen and oxygen atoms in total. The van der Waals surface area contributed by atoms with Crippen LogP contribution in [0.15, 0.2) is 4.99 Å². The molecule has 7 heteroatoms. The first-order valence-electron chi connectivity index (χ1n) is 8.86. The molecule has 24 heavy (non-hydrogen) atoms. The van der Waals surface area contributed by atoms with Crippen LogP contribution < -0.4 is 10.6 Å². The Morgan fingerprint density at radius 3 is 2.38 bits per heavy atom. The van der Waals surface area contributed by atoms with Crippen molar-refractivity contribution in [2.45, 2.75) is 57.6 Å². The Morgan fingerprint density at radius 2 is 1.88 bits per heavy atom. The van der Waals surface area contributed by atoms with Gasteiger partial charge in [-0.3, -0.25) is 4.99 Å².